The highest BCUT2D eigenvalue weighted by Crippen LogP contribution is 2.20. The molecule has 112 valence electrons. The molecule has 2 rings (SSSR count). The monoisotopic (exact) mass is 347 g/mol. The number of para-hydroxylation sites is 1. The molecule has 2 aromatic carbocycles. The van der Waals surface area contributed by atoms with Gasteiger partial charge < -0.3 is 10.1 Å². The van der Waals surface area contributed by atoms with E-state index in [1.54, 1.807) is 0 Å². The average Bonchev–Trinajstić information content (AvgIpc) is 2.53. The van der Waals surface area contributed by atoms with Crippen LogP contribution < -0.4 is 10.1 Å². The molecule has 0 aliphatic rings. The molecule has 0 atom stereocenters. The van der Waals surface area contributed by atoms with Crippen molar-refractivity contribution >= 4 is 27.3 Å². The van der Waals surface area contributed by atoms with Crippen molar-refractivity contribution in [3.8, 4) is 5.75 Å². The molecular formula is C18H22BrNO. The first-order valence-corrected chi connectivity index (χ1v) is 8.61. The molecule has 0 radical (unpaired) electrons. The van der Waals surface area contributed by atoms with Crippen LogP contribution in [0.4, 0.5) is 11.4 Å². The summed E-state index contributed by atoms with van der Waals surface area (Å²) in [5, 5.41) is 4.46. The SMILES string of the molecule is BrCCCCCCOc1ccc(Nc2ccccc2)cc1. The molecule has 1 N–H and O–H groups in total. The molecule has 21 heavy (non-hydrogen) atoms. The zero-order chi connectivity index (χ0) is 14.8. The number of unbranched alkanes of at least 4 members (excludes halogenated alkanes) is 3. The zero-order valence-electron chi connectivity index (χ0n) is 12.2. The van der Waals surface area contributed by atoms with Crippen molar-refractivity contribution in [3.05, 3.63) is 54.6 Å². The lowest BCUT2D eigenvalue weighted by atomic mass is 10.2. The Kier molecular flexibility index (Phi) is 7.16. The van der Waals surface area contributed by atoms with E-state index < -0.39 is 0 Å². The number of alkyl halides is 1. The van der Waals surface area contributed by atoms with Gasteiger partial charge in [-0.3, -0.25) is 0 Å². The van der Waals surface area contributed by atoms with Gasteiger partial charge in [0, 0.05) is 16.7 Å². The number of nitrogens with one attached hydrogen (secondary N) is 1. The molecule has 0 aromatic heterocycles. The van der Waals surface area contributed by atoms with Crippen molar-refractivity contribution < 1.29 is 4.74 Å². The highest BCUT2D eigenvalue weighted by atomic mass is 79.9. The number of ether oxygens (including phenoxy) is 1. The minimum Gasteiger partial charge on any atom is -0.494 e. The minimum atomic E-state index is 0.799. The normalized spacial score (nSPS) is 10.3. The highest BCUT2D eigenvalue weighted by molar-refractivity contribution is 9.09. The summed E-state index contributed by atoms with van der Waals surface area (Å²) in [7, 11) is 0. The number of rotatable bonds is 9. The maximum atomic E-state index is 5.75. The Balaban J connectivity index is 1.72. The van der Waals surface area contributed by atoms with E-state index >= 15 is 0 Å². The fourth-order valence-corrected chi connectivity index (χ4v) is 2.46. The summed E-state index contributed by atoms with van der Waals surface area (Å²) in [5.74, 6) is 0.939. The maximum absolute atomic E-state index is 5.75. The summed E-state index contributed by atoms with van der Waals surface area (Å²) in [6.07, 6.45) is 4.88. The number of anilines is 2. The maximum Gasteiger partial charge on any atom is 0.119 e. The Labute approximate surface area is 135 Å². The summed E-state index contributed by atoms with van der Waals surface area (Å²) in [4.78, 5) is 0. The van der Waals surface area contributed by atoms with E-state index in [1.807, 2.05) is 42.5 Å². The van der Waals surface area contributed by atoms with Gasteiger partial charge in [0.25, 0.3) is 0 Å². The average molecular weight is 348 g/mol. The molecule has 0 saturated heterocycles. The molecule has 0 spiro atoms. The molecule has 2 aromatic rings. The van der Waals surface area contributed by atoms with Crippen LogP contribution in [0.15, 0.2) is 54.6 Å². The number of hydrogen-bond acceptors (Lipinski definition) is 2. The fourth-order valence-electron chi connectivity index (χ4n) is 2.06. The molecule has 0 bridgehead atoms. The second-order valence-corrected chi connectivity index (χ2v) is 5.76. The highest BCUT2D eigenvalue weighted by Gasteiger charge is 1.97. The van der Waals surface area contributed by atoms with Gasteiger partial charge in [0.1, 0.15) is 5.75 Å². The second kappa shape index (κ2) is 9.46. The lowest BCUT2D eigenvalue weighted by Crippen LogP contribution is -1.97. The van der Waals surface area contributed by atoms with Crippen LogP contribution in [0.5, 0.6) is 5.75 Å². The van der Waals surface area contributed by atoms with Crippen molar-refractivity contribution in [3.63, 3.8) is 0 Å². The van der Waals surface area contributed by atoms with Crippen LogP contribution in [0, 0.1) is 0 Å². The van der Waals surface area contributed by atoms with E-state index in [0.717, 1.165) is 35.5 Å². The number of hydrogen-bond donors (Lipinski definition) is 1. The molecule has 0 heterocycles. The summed E-state index contributed by atoms with van der Waals surface area (Å²) < 4.78 is 5.75. The van der Waals surface area contributed by atoms with Crippen molar-refractivity contribution in [1.29, 1.82) is 0 Å². The van der Waals surface area contributed by atoms with Crippen LogP contribution in [0.25, 0.3) is 0 Å². The zero-order valence-corrected chi connectivity index (χ0v) is 13.8. The van der Waals surface area contributed by atoms with Crippen LogP contribution in [0.3, 0.4) is 0 Å². The summed E-state index contributed by atoms with van der Waals surface area (Å²) in [5.41, 5.74) is 2.17. The van der Waals surface area contributed by atoms with Gasteiger partial charge in [-0.25, -0.2) is 0 Å². The lowest BCUT2D eigenvalue weighted by Gasteiger charge is -2.09. The Hall–Kier alpha value is -1.48. The third-order valence-electron chi connectivity index (χ3n) is 3.21. The van der Waals surface area contributed by atoms with E-state index in [2.05, 4.69) is 33.4 Å². The Morgan fingerprint density at radius 2 is 1.43 bits per heavy atom. The third kappa shape index (κ3) is 6.21. The van der Waals surface area contributed by atoms with Gasteiger partial charge in [-0.05, 0) is 49.2 Å². The Bertz CT molecular complexity index is 498. The molecule has 0 amide bonds. The largest absolute Gasteiger partial charge is 0.494 e. The Morgan fingerprint density at radius 1 is 0.762 bits per heavy atom. The van der Waals surface area contributed by atoms with E-state index in [1.165, 1.54) is 19.3 Å². The van der Waals surface area contributed by atoms with Gasteiger partial charge in [0.05, 0.1) is 6.61 Å². The van der Waals surface area contributed by atoms with Crippen LogP contribution in [-0.2, 0) is 0 Å². The minimum absolute atomic E-state index is 0.799. The van der Waals surface area contributed by atoms with Gasteiger partial charge in [-0.1, -0.05) is 47.0 Å². The first-order valence-electron chi connectivity index (χ1n) is 7.49. The third-order valence-corrected chi connectivity index (χ3v) is 3.77. The molecule has 3 heteroatoms. The van der Waals surface area contributed by atoms with E-state index in [-0.39, 0.29) is 0 Å². The van der Waals surface area contributed by atoms with Crippen molar-refractivity contribution in [1.82, 2.24) is 0 Å². The molecule has 0 fully saturated rings. The number of benzene rings is 2. The van der Waals surface area contributed by atoms with Crippen molar-refractivity contribution in [2.45, 2.75) is 25.7 Å². The van der Waals surface area contributed by atoms with E-state index in [4.69, 9.17) is 4.74 Å². The summed E-state index contributed by atoms with van der Waals surface area (Å²) in [6, 6.07) is 18.3. The molecule has 0 unspecified atom stereocenters. The van der Waals surface area contributed by atoms with Gasteiger partial charge >= 0.3 is 0 Å². The van der Waals surface area contributed by atoms with Gasteiger partial charge in [0.2, 0.25) is 0 Å². The predicted octanol–water partition coefficient (Wildman–Crippen LogP) is 5.76. The van der Waals surface area contributed by atoms with Crippen molar-refractivity contribution in [2.75, 3.05) is 17.3 Å². The van der Waals surface area contributed by atoms with Crippen molar-refractivity contribution in [2.24, 2.45) is 0 Å². The summed E-state index contributed by atoms with van der Waals surface area (Å²) in [6.45, 7) is 0.799. The smallest absolute Gasteiger partial charge is 0.119 e. The number of halogens is 1. The second-order valence-electron chi connectivity index (χ2n) is 4.97. The van der Waals surface area contributed by atoms with Crippen LogP contribution in [0.1, 0.15) is 25.7 Å². The van der Waals surface area contributed by atoms with Crippen LogP contribution >= 0.6 is 15.9 Å². The van der Waals surface area contributed by atoms with Crippen LogP contribution in [-0.4, -0.2) is 11.9 Å². The van der Waals surface area contributed by atoms with Crippen LogP contribution in [0.2, 0.25) is 0 Å². The van der Waals surface area contributed by atoms with E-state index in [0.29, 0.717) is 0 Å². The van der Waals surface area contributed by atoms with Gasteiger partial charge in [0.15, 0.2) is 0 Å². The summed E-state index contributed by atoms with van der Waals surface area (Å²) >= 11 is 3.45. The standard InChI is InChI=1S/C18H22BrNO/c19-14-6-1-2-7-15-21-18-12-10-17(11-13-18)20-16-8-4-3-5-9-16/h3-5,8-13,20H,1-2,6-7,14-15H2. The van der Waals surface area contributed by atoms with Gasteiger partial charge in [-0.2, -0.15) is 0 Å². The van der Waals surface area contributed by atoms with E-state index in [9.17, 15) is 0 Å². The Morgan fingerprint density at radius 3 is 2.14 bits per heavy atom. The van der Waals surface area contributed by atoms with Gasteiger partial charge in [-0.15, -0.1) is 0 Å². The first-order chi connectivity index (χ1) is 10.4. The molecule has 0 saturated carbocycles. The topological polar surface area (TPSA) is 21.3 Å². The molecular weight excluding hydrogens is 326 g/mol. The quantitative estimate of drug-likeness (QED) is 0.459. The lowest BCUT2D eigenvalue weighted by molar-refractivity contribution is 0.305. The molecule has 2 nitrogen and oxygen atoms in total. The fraction of sp³-hybridized carbons (Fsp3) is 0.333. The first kappa shape index (κ1) is 15.9. The molecule has 0 aliphatic carbocycles. The predicted molar refractivity (Wildman–Crippen MR) is 93.9 cm³/mol. The molecule has 0 aliphatic heterocycles.